The first kappa shape index (κ1) is 25.6. The van der Waals surface area contributed by atoms with Gasteiger partial charge in [0.15, 0.2) is 17.2 Å². The molecule has 33 heavy (non-hydrogen) atoms. The van der Waals surface area contributed by atoms with Gasteiger partial charge in [0, 0.05) is 18.7 Å². The van der Waals surface area contributed by atoms with E-state index in [1.807, 2.05) is 30.3 Å². The van der Waals surface area contributed by atoms with E-state index in [4.69, 9.17) is 18.9 Å². The zero-order valence-corrected chi connectivity index (χ0v) is 19.5. The molecule has 0 radical (unpaired) electrons. The third kappa shape index (κ3) is 7.78. The molecule has 1 amide bonds. The molecule has 1 aromatic heterocycles. The second kappa shape index (κ2) is 12.4. The van der Waals surface area contributed by atoms with Crippen molar-refractivity contribution in [1.29, 1.82) is 0 Å². The van der Waals surface area contributed by atoms with Gasteiger partial charge in [0.05, 0.1) is 13.0 Å². The number of benzene rings is 1. The average Bonchev–Trinajstić information content (AvgIpc) is 2.79. The Morgan fingerprint density at radius 1 is 1.00 bits per heavy atom. The molecule has 1 aromatic carbocycles. The van der Waals surface area contributed by atoms with E-state index < -0.39 is 30.7 Å². The molecule has 2 atom stereocenters. The van der Waals surface area contributed by atoms with E-state index in [0.29, 0.717) is 6.42 Å². The normalized spacial score (nSPS) is 12.4. The van der Waals surface area contributed by atoms with Crippen molar-refractivity contribution >= 4 is 17.8 Å². The molecule has 0 fully saturated rings. The van der Waals surface area contributed by atoms with Gasteiger partial charge in [-0.25, -0.2) is 9.78 Å². The van der Waals surface area contributed by atoms with E-state index in [-0.39, 0.29) is 29.2 Å². The summed E-state index contributed by atoms with van der Waals surface area (Å²) in [6, 6.07) is 10.2. The Hall–Kier alpha value is -3.62. The molecule has 0 saturated carbocycles. The summed E-state index contributed by atoms with van der Waals surface area (Å²) in [5.41, 5.74) is 0.918. The lowest BCUT2D eigenvalue weighted by Crippen LogP contribution is -2.41. The van der Waals surface area contributed by atoms with Gasteiger partial charge < -0.3 is 24.3 Å². The van der Waals surface area contributed by atoms with E-state index in [0.717, 1.165) is 5.56 Å². The number of aromatic nitrogens is 1. The molecule has 9 nitrogen and oxygen atoms in total. The first-order chi connectivity index (χ1) is 15.7. The Bertz CT molecular complexity index is 947. The summed E-state index contributed by atoms with van der Waals surface area (Å²) in [5.74, 6) is -1.81. The van der Waals surface area contributed by atoms with Gasteiger partial charge in [-0.15, -0.1) is 0 Å². The third-order valence-electron chi connectivity index (χ3n) is 4.56. The number of nitrogens with zero attached hydrogens (tertiary/aromatic N) is 1. The Balaban J connectivity index is 2.01. The van der Waals surface area contributed by atoms with Gasteiger partial charge in [-0.05, 0) is 19.4 Å². The Morgan fingerprint density at radius 3 is 2.33 bits per heavy atom. The van der Waals surface area contributed by atoms with Crippen LogP contribution in [0.1, 0.15) is 43.7 Å². The lowest BCUT2D eigenvalue weighted by atomic mass is 10.1. The first-order valence-electron chi connectivity index (χ1n) is 10.6. The van der Waals surface area contributed by atoms with Crippen LogP contribution in [0.4, 0.5) is 0 Å². The summed E-state index contributed by atoms with van der Waals surface area (Å²) in [6.45, 7) is 6.25. The number of rotatable bonds is 11. The summed E-state index contributed by atoms with van der Waals surface area (Å²) < 4.78 is 21.1. The fraction of sp³-hybridized carbons (Fsp3) is 0.417. The minimum atomic E-state index is -0.935. The highest BCUT2D eigenvalue weighted by molar-refractivity contribution is 5.98. The fourth-order valence-electron chi connectivity index (χ4n) is 2.82. The number of carbonyl (C=O) groups is 3. The molecule has 0 aliphatic rings. The maximum absolute atomic E-state index is 12.8. The van der Waals surface area contributed by atoms with Crippen LogP contribution in [-0.2, 0) is 25.5 Å². The van der Waals surface area contributed by atoms with E-state index in [9.17, 15) is 14.4 Å². The van der Waals surface area contributed by atoms with Crippen LogP contribution in [0.25, 0.3) is 0 Å². The molecule has 1 N–H and O–H groups in total. The van der Waals surface area contributed by atoms with Crippen molar-refractivity contribution < 1.29 is 33.3 Å². The van der Waals surface area contributed by atoms with Gasteiger partial charge in [0.1, 0.15) is 12.1 Å². The number of nitrogens with one attached hydrogen (secondary N) is 1. The van der Waals surface area contributed by atoms with Gasteiger partial charge in [-0.2, -0.15) is 0 Å². The number of hydrogen-bond acceptors (Lipinski definition) is 8. The van der Waals surface area contributed by atoms with Gasteiger partial charge >= 0.3 is 11.9 Å². The average molecular weight is 459 g/mol. The van der Waals surface area contributed by atoms with Crippen molar-refractivity contribution in [3.05, 3.63) is 53.9 Å². The number of pyridine rings is 1. The SMILES string of the molecule is COc1ccnc(C(=O)N[C@@H](C)C(=O)O[C@@H](C)Cc2ccccc2)c1OCOC(=O)C(C)C. The number of ether oxygens (including phenoxy) is 4. The van der Waals surface area contributed by atoms with Gasteiger partial charge in [0.2, 0.25) is 6.79 Å². The maximum atomic E-state index is 12.8. The van der Waals surface area contributed by atoms with Crippen LogP contribution in [0.2, 0.25) is 0 Å². The molecule has 1 heterocycles. The van der Waals surface area contributed by atoms with Crippen LogP contribution >= 0.6 is 0 Å². The molecular formula is C24H30N2O7. The molecular weight excluding hydrogens is 428 g/mol. The highest BCUT2D eigenvalue weighted by Gasteiger charge is 2.25. The molecule has 0 bridgehead atoms. The summed E-state index contributed by atoms with van der Waals surface area (Å²) in [6.07, 6.45) is 1.55. The zero-order valence-electron chi connectivity index (χ0n) is 19.5. The predicted molar refractivity (Wildman–Crippen MR) is 120 cm³/mol. The van der Waals surface area contributed by atoms with Crippen molar-refractivity contribution in [2.45, 2.75) is 46.3 Å². The van der Waals surface area contributed by atoms with E-state index in [2.05, 4.69) is 10.3 Å². The van der Waals surface area contributed by atoms with Gasteiger partial charge in [-0.3, -0.25) is 9.59 Å². The van der Waals surface area contributed by atoms with Crippen LogP contribution < -0.4 is 14.8 Å². The molecule has 0 unspecified atom stereocenters. The van der Waals surface area contributed by atoms with E-state index in [1.54, 1.807) is 20.8 Å². The monoisotopic (exact) mass is 458 g/mol. The minimum absolute atomic E-state index is 0.00734. The van der Waals surface area contributed by atoms with Crippen molar-refractivity contribution in [2.75, 3.05) is 13.9 Å². The zero-order chi connectivity index (χ0) is 24.4. The van der Waals surface area contributed by atoms with Crippen molar-refractivity contribution in [3.8, 4) is 11.5 Å². The lowest BCUT2D eigenvalue weighted by molar-refractivity contribution is -0.154. The molecule has 178 valence electrons. The number of esters is 2. The Labute approximate surface area is 193 Å². The predicted octanol–water partition coefficient (Wildman–Crippen LogP) is 2.92. The summed E-state index contributed by atoms with van der Waals surface area (Å²) in [4.78, 5) is 41.0. The molecule has 0 aliphatic heterocycles. The van der Waals surface area contributed by atoms with Gasteiger partial charge in [0.25, 0.3) is 5.91 Å². The standard InChI is InChI=1S/C24H30N2O7/c1-15(2)23(28)32-14-31-21-19(30-5)11-12-25-20(21)22(27)26-17(4)24(29)33-16(3)13-18-9-7-6-8-10-18/h6-12,15-17H,13-14H2,1-5H3,(H,26,27)/t16-,17-/m0/s1. The Kier molecular flexibility index (Phi) is 9.65. The first-order valence-corrected chi connectivity index (χ1v) is 10.6. The molecule has 0 spiro atoms. The number of methoxy groups -OCH3 is 1. The molecule has 2 rings (SSSR count). The lowest BCUT2D eigenvalue weighted by Gasteiger charge is -2.19. The fourth-order valence-corrected chi connectivity index (χ4v) is 2.82. The van der Waals surface area contributed by atoms with Crippen LogP contribution in [0, 0.1) is 5.92 Å². The van der Waals surface area contributed by atoms with Gasteiger partial charge in [-0.1, -0.05) is 44.2 Å². The van der Waals surface area contributed by atoms with Crippen molar-refractivity contribution in [1.82, 2.24) is 10.3 Å². The quantitative estimate of drug-likeness (QED) is 0.404. The topological polar surface area (TPSA) is 113 Å². The number of hydrogen-bond donors (Lipinski definition) is 1. The summed E-state index contributed by atoms with van der Waals surface area (Å²) >= 11 is 0. The highest BCUT2D eigenvalue weighted by atomic mass is 16.7. The van der Waals surface area contributed by atoms with Crippen LogP contribution in [0.3, 0.4) is 0 Å². The second-order valence-electron chi connectivity index (χ2n) is 7.70. The van der Waals surface area contributed by atoms with E-state index in [1.165, 1.54) is 26.3 Å². The van der Waals surface area contributed by atoms with Crippen LogP contribution in [-0.4, -0.2) is 48.9 Å². The largest absolute Gasteiger partial charge is 0.493 e. The van der Waals surface area contributed by atoms with Crippen molar-refractivity contribution in [2.24, 2.45) is 5.92 Å². The number of amides is 1. The van der Waals surface area contributed by atoms with Crippen LogP contribution in [0.15, 0.2) is 42.6 Å². The molecule has 2 aromatic rings. The smallest absolute Gasteiger partial charge is 0.328 e. The third-order valence-corrected chi connectivity index (χ3v) is 4.56. The second-order valence-corrected chi connectivity index (χ2v) is 7.70. The van der Waals surface area contributed by atoms with Crippen molar-refractivity contribution in [3.63, 3.8) is 0 Å². The van der Waals surface area contributed by atoms with E-state index >= 15 is 0 Å². The molecule has 9 heteroatoms. The summed E-state index contributed by atoms with van der Waals surface area (Å²) in [7, 11) is 1.40. The maximum Gasteiger partial charge on any atom is 0.328 e. The highest BCUT2D eigenvalue weighted by Crippen LogP contribution is 2.29. The number of carbonyl (C=O) groups excluding carboxylic acids is 3. The molecule has 0 aliphatic carbocycles. The summed E-state index contributed by atoms with van der Waals surface area (Å²) in [5, 5.41) is 2.56. The molecule has 0 saturated heterocycles. The Morgan fingerprint density at radius 2 is 1.70 bits per heavy atom. The van der Waals surface area contributed by atoms with Crippen LogP contribution in [0.5, 0.6) is 11.5 Å². The minimum Gasteiger partial charge on any atom is -0.493 e.